The lowest BCUT2D eigenvalue weighted by Crippen LogP contribution is -2.46. The highest BCUT2D eigenvalue weighted by Crippen LogP contribution is 2.05. The second kappa shape index (κ2) is 8.44. The highest BCUT2D eigenvalue weighted by molar-refractivity contribution is 5.96. The van der Waals surface area contributed by atoms with Gasteiger partial charge in [-0.3, -0.25) is 14.4 Å². The second-order valence-electron chi connectivity index (χ2n) is 5.62. The van der Waals surface area contributed by atoms with Crippen molar-refractivity contribution in [2.75, 3.05) is 32.8 Å². The molecule has 24 heavy (non-hydrogen) atoms. The van der Waals surface area contributed by atoms with Crippen molar-refractivity contribution in [3.05, 3.63) is 35.4 Å². The largest absolute Gasteiger partial charge is 0.451 e. The number of hydrogen-bond donors (Lipinski definition) is 1. The van der Waals surface area contributed by atoms with Gasteiger partial charge in [0.05, 0.1) is 13.2 Å². The molecule has 7 nitrogen and oxygen atoms in total. The first-order valence-electron chi connectivity index (χ1n) is 7.88. The zero-order valence-electron chi connectivity index (χ0n) is 13.9. The fourth-order valence-corrected chi connectivity index (χ4v) is 2.29. The predicted molar refractivity (Wildman–Crippen MR) is 86.5 cm³/mol. The van der Waals surface area contributed by atoms with Crippen LogP contribution in [0, 0.1) is 6.92 Å². The molecule has 1 atom stereocenters. The smallest absolute Gasteiger partial charge is 0.326 e. The molecular weight excluding hydrogens is 312 g/mol. The van der Waals surface area contributed by atoms with Gasteiger partial charge in [-0.1, -0.05) is 17.7 Å². The van der Waals surface area contributed by atoms with E-state index in [0.29, 0.717) is 31.9 Å². The van der Waals surface area contributed by atoms with E-state index in [2.05, 4.69) is 5.32 Å². The quantitative estimate of drug-likeness (QED) is 0.794. The average Bonchev–Trinajstić information content (AvgIpc) is 2.60. The molecule has 0 spiro atoms. The Kier molecular flexibility index (Phi) is 6.31. The number of benzene rings is 1. The monoisotopic (exact) mass is 334 g/mol. The van der Waals surface area contributed by atoms with Crippen molar-refractivity contribution in [3.8, 4) is 0 Å². The van der Waals surface area contributed by atoms with Crippen LogP contribution in [-0.2, 0) is 19.1 Å². The van der Waals surface area contributed by atoms with Crippen molar-refractivity contribution in [1.82, 2.24) is 10.2 Å². The molecule has 0 saturated carbocycles. The summed E-state index contributed by atoms with van der Waals surface area (Å²) in [5.74, 6) is -1.26. The minimum atomic E-state index is -0.883. The molecular formula is C17H22N2O5. The molecule has 1 aliphatic rings. The van der Waals surface area contributed by atoms with Crippen LogP contribution < -0.4 is 5.32 Å². The Hall–Kier alpha value is -2.41. The van der Waals surface area contributed by atoms with E-state index in [1.807, 2.05) is 19.1 Å². The number of carbonyl (C=O) groups excluding carboxylic acids is 3. The van der Waals surface area contributed by atoms with Gasteiger partial charge in [0.15, 0.2) is 6.10 Å². The van der Waals surface area contributed by atoms with Gasteiger partial charge in [0.25, 0.3) is 11.8 Å². The SMILES string of the molecule is Cc1ccc(C(=O)NCC(=O)OC(C)C(=O)N2CCOCC2)cc1. The summed E-state index contributed by atoms with van der Waals surface area (Å²) in [5.41, 5.74) is 1.51. The molecule has 2 amide bonds. The molecule has 1 heterocycles. The molecule has 1 aromatic carbocycles. The molecule has 0 aliphatic carbocycles. The Balaban J connectivity index is 1.76. The Morgan fingerprint density at radius 3 is 2.46 bits per heavy atom. The number of nitrogens with one attached hydrogen (secondary N) is 1. The van der Waals surface area contributed by atoms with Crippen molar-refractivity contribution >= 4 is 17.8 Å². The molecule has 0 radical (unpaired) electrons. The molecule has 2 rings (SSSR count). The maximum atomic E-state index is 12.1. The van der Waals surface area contributed by atoms with Crippen molar-refractivity contribution in [3.63, 3.8) is 0 Å². The van der Waals surface area contributed by atoms with Gasteiger partial charge in [0, 0.05) is 18.7 Å². The van der Waals surface area contributed by atoms with Gasteiger partial charge in [-0.05, 0) is 26.0 Å². The van der Waals surface area contributed by atoms with E-state index in [0.717, 1.165) is 5.56 Å². The normalized spacial score (nSPS) is 15.5. The van der Waals surface area contributed by atoms with Crippen LogP contribution in [0.2, 0.25) is 0 Å². The molecule has 1 aromatic rings. The Morgan fingerprint density at radius 1 is 1.21 bits per heavy atom. The Bertz CT molecular complexity index is 594. The first-order valence-corrected chi connectivity index (χ1v) is 7.88. The first kappa shape index (κ1) is 17.9. The third-order valence-electron chi connectivity index (χ3n) is 3.69. The van der Waals surface area contributed by atoms with Crippen LogP contribution in [0.15, 0.2) is 24.3 Å². The van der Waals surface area contributed by atoms with Crippen LogP contribution in [0.25, 0.3) is 0 Å². The summed E-state index contributed by atoms with van der Waals surface area (Å²) in [6.45, 7) is 5.12. The minimum Gasteiger partial charge on any atom is -0.451 e. The number of rotatable bonds is 5. The summed E-state index contributed by atoms with van der Waals surface area (Å²) in [7, 11) is 0. The van der Waals surface area contributed by atoms with Crippen molar-refractivity contribution in [1.29, 1.82) is 0 Å². The lowest BCUT2D eigenvalue weighted by atomic mass is 10.1. The fourth-order valence-electron chi connectivity index (χ4n) is 2.29. The number of ether oxygens (including phenoxy) is 2. The van der Waals surface area contributed by atoms with Gasteiger partial charge >= 0.3 is 5.97 Å². The molecule has 0 bridgehead atoms. The third kappa shape index (κ3) is 5.06. The minimum absolute atomic E-state index is 0.253. The van der Waals surface area contributed by atoms with Gasteiger partial charge in [-0.25, -0.2) is 0 Å². The highest BCUT2D eigenvalue weighted by atomic mass is 16.5. The standard InChI is InChI=1S/C17H22N2O5/c1-12-3-5-14(6-4-12)16(21)18-11-15(20)24-13(2)17(22)19-7-9-23-10-8-19/h3-6,13H,7-11H2,1-2H3,(H,18,21). The topological polar surface area (TPSA) is 84.9 Å². The van der Waals surface area contributed by atoms with Gasteiger partial charge in [-0.15, -0.1) is 0 Å². The average molecular weight is 334 g/mol. The van der Waals surface area contributed by atoms with Crippen LogP contribution in [-0.4, -0.2) is 61.6 Å². The molecule has 130 valence electrons. The maximum Gasteiger partial charge on any atom is 0.326 e. The van der Waals surface area contributed by atoms with Crippen molar-refractivity contribution in [2.45, 2.75) is 20.0 Å². The van der Waals surface area contributed by atoms with Crippen molar-refractivity contribution in [2.24, 2.45) is 0 Å². The summed E-state index contributed by atoms with van der Waals surface area (Å²) in [4.78, 5) is 37.5. The van der Waals surface area contributed by atoms with E-state index < -0.39 is 12.1 Å². The maximum absolute atomic E-state index is 12.1. The molecule has 1 unspecified atom stereocenters. The zero-order valence-corrected chi connectivity index (χ0v) is 13.9. The van der Waals surface area contributed by atoms with Gasteiger partial charge < -0.3 is 19.7 Å². The predicted octanol–water partition coefficient (Wildman–Crippen LogP) is 0.515. The van der Waals surface area contributed by atoms with Crippen LogP contribution in [0.3, 0.4) is 0 Å². The molecule has 7 heteroatoms. The fraction of sp³-hybridized carbons (Fsp3) is 0.471. The number of morpholine rings is 1. The molecule has 0 aromatic heterocycles. The number of amides is 2. The third-order valence-corrected chi connectivity index (χ3v) is 3.69. The Morgan fingerprint density at radius 2 is 1.83 bits per heavy atom. The number of hydrogen-bond acceptors (Lipinski definition) is 5. The summed E-state index contributed by atoms with van der Waals surface area (Å²) in [6, 6.07) is 6.99. The van der Waals surface area contributed by atoms with E-state index in [4.69, 9.17) is 9.47 Å². The number of nitrogens with zero attached hydrogens (tertiary/aromatic N) is 1. The number of aryl methyl sites for hydroxylation is 1. The molecule has 1 fully saturated rings. The van der Waals surface area contributed by atoms with E-state index >= 15 is 0 Å². The molecule has 1 N–H and O–H groups in total. The summed E-state index contributed by atoms with van der Waals surface area (Å²) >= 11 is 0. The zero-order chi connectivity index (χ0) is 17.5. The highest BCUT2D eigenvalue weighted by Gasteiger charge is 2.25. The Labute approximate surface area is 140 Å². The van der Waals surface area contributed by atoms with Gasteiger partial charge in [0.2, 0.25) is 0 Å². The number of esters is 1. The van der Waals surface area contributed by atoms with Gasteiger partial charge in [0.1, 0.15) is 6.54 Å². The second-order valence-corrected chi connectivity index (χ2v) is 5.62. The number of carbonyl (C=O) groups is 3. The van der Waals surface area contributed by atoms with E-state index in [9.17, 15) is 14.4 Å². The summed E-state index contributed by atoms with van der Waals surface area (Å²) in [6.07, 6.45) is -0.883. The lowest BCUT2D eigenvalue weighted by molar-refractivity contribution is -0.160. The summed E-state index contributed by atoms with van der Waals surface area (Å²) < 4.78 is 10.3. The molecule has 1 aliphatic heterocycles. The van der Waals surface area contributed by atoms with E-state index in [1.165, 1.54) is 6.92 Å². The summed E-state index contributed by atoms with van der Waals surface area (Å²) in [5, 5.41) is 2.48. The van der Waals surface area contributed by atoms with Gasteiger partial charge in [-0.2, -0.15) is 0 Å². The lowest BCUT2D eigenvalue weighted by Gasteiger charge is -2.28. The van der Waals surface area contributed by atoms with Crippen LogP contribution in [0.4, 0.5) is 0 Å². The molecule has 1 saturated heterocycles. The first-order chi connectivity index (χ1) is 11.5. The van der Waals surface area contributed by atoms with Crippen LogP contribution >= 0.6 is 0 Å². The van der Waals surface area contributed by atoms with E-state index in [-0.39, 0.29) is 18.4 Å². The van der Waals surface area contributed by atoms with Crippen LogP contribution in [0.1, 0.15) is 22.8 Å². The van der Waals surface area contributed by atoms with Crippen LogP contribution in [0.5, 0.6) is 0 Å². The van der Waals surface area contributed by atoms with E-state index in [1.54, 1.807) is 17.0 Å². The van der Waals surface area contributed by atoms with Crippen molar-refractivity contribution < 1.29 is 23.9 Å².